The maximum atomic E-state index is 13.7. The van der Waals surface area contributed by atoms with Crippen molar-refractivity contribution in [3.63, 3.8) is 0 Å². The van der Waals surface area contributed by atoms with Crippen LogP contribution in [-0.4, -0.2) is 31.3 Å². The molecule has 1 amide bonds. The summed E-state index contributed by atoms with van der Waals surface area (Å²) in [6.45, 7) is 2.62. The lowest BCUT2D eigenvalue weighted by atomic mass is 9.95. The van der Waals surface area contributed by atoms with Crippen LogP contribution in [0.2, 0.25) is 0 Å². The molecular formula is C24H27N2O3+. The normalized spacial score (nSPS) is 29.6. The minimum Gasteiger partial charge on any atom is -0.332 e. The number of carbonyl (C=O) groups is 1. The molecule has 4 aliphatic rings. The first kappa shape index (κ1) is 17.6. The summed E-state index contributed by atoms with van der Waals surface area (Å²) in [5.74, 6) is -1.27. The second kappa shape index (κ2) is 6.66. The van der Waals surface area contributed by atoms with Gasteiger partial charge in [-0.2, -0.15) is 0 Å². The van der Waals surface area contributed by atoms with Crippen molar-refractivity contribution < 1.29 is 19.2 Å². The van der Waals surface area contributed by atoms with Gasteiger partial charge in [0.25, 0.3) is 11.7 Å². The molecule has 3 aliphatic heterocycles. The standard InChI is InChI=1S/C24H26N2O3/c27-23-24(28-21-11-5-6-12-22(21)29-24)19-9-3-4-10-20(19)26(23)16-25-14-13-17-7-1-2-8-18(17)15-25/h1-4,7-10,21-22H,5-6,11-16H2/p+1/t21-,22-/m0/s1. The van der Waals surface area contributed by atoms with Gasteiger partial charge in [0.1, 0.15) is 6.54 Å². The molecular weight excluding hydrogens is 364 g/mol. The summed E-state index contributed by atoms with van der Waals surface area (Å²) < 4.78 is 12.8. The summed E-state index contributed by atoms with van der Waals surface area (Å²) in [5, 5.41) is 0. The Hall–Kier alpha value is -2.21. The number of benzene rings is 2. The number of para-hydroxylation sites is 1. The summed E-state index contributed by atoms with van der Waals surface area (Å²) in [7, 11) is 0. The van der Waals surface area contributed by atoms with Gasteiger partial charge in [-0.3, -0.25) is 9.69 Å². The molecule has 0 bridgehead atoms. The van der Waals surface area contributed by atoms with E-state index in [1.165, 1.54) is 16.0 Å². The van der Waals surface area contributed by atoms with Crippen LogP contribution in [0.3, 0.4) is 0 Å². The van der Waals surface area contributed by atoms with Crippen LogP contribution in [0, 0.1) is 0 Å². The second-order valence-corrected chi connectivity index (χ2v) is 8.82. The number of amides is 1. The summed E-state index contributed by atoms with van der Waals surface area (Å²) in [6.07, 6.45) is 5.39. The monoisotopic (exact) mass is 391 g/mol. The Morgan fingerprint density at radius 2 is 1.66 bits per heavy atom. The zero-order chi connectivity index (χ0) is 19.4. The molecule has 5 nitrogen and oxygen atoms in total. The highest BCUT2D eigenvalue weighted by Crippen LogP contribution is 2.50. The second-order valence-electron chi connectivity index (χ2n) is 8.82. The lowest BCUT2D eigenvalue weighted by Gasteiger charge is -2.30. The van der Waals surface area contributed by atoms with E-state index >= 15 is 0 Å². The van der Waals surface area contributed by atoms with Crippen molar-refractivity contribution in [1.29, 1.82) is 0 Å². The van der Waals surface area contributed by atoms with Crippen LogP contribution < -0.4 is 9.80 Å². The van der Waals surface area contributed by atoms with Gasteiger partial charge in [-0.05, 0) is 24.5 Å². The Morgan fingerprint density at radius 3 is 2.45 bits per heavy atom. The first-order chi connectivity index (χ1) is 14.2. The van der Waals surface area contributed by atoms with E-state index in [0.29, 0.717) is 6.67 Å². The SMILES string of the molecule is O=C1N(C[NH+]2CCc3ccccc3C2)c2ccccc2C12O[C@H]1CCCC[C@@H]1O2. The Balaban J connectivity index is 1.30. The van der Waals surface area contributed by atoms with Crippen molar-refractivity contribution in [2.24, 2.45) is 0 Å². The van der Waals surface area contributed by atoms with Crippen LogP contribution in [0.5, 0.6) is 0 Å². The van der Waals surface area contributed by atoms with E-state index in [1.54, 1.807) is 0 Å². The third kappa shape index (κ3) is 2.68. The molecule has 5 heteroatoms. The van der Waals surface area contributed by atoms with Gasteiger partial charge in [0.05, 0.1) is 24.4 Å². The van der Waals surface area contributed by atoms with Crippen molar-refractivity contribution >= 4 is 11.6 Å². The van der Waals surface area contributed by atoms with E-state index in [0.717, 1.165) is 56.4 Å². The van der Waals surface area contributed by atoms with Gasteiger partial charge in [-0.15, -0.1) is 0 Å². The Labute approximate surface area is 171 Å². The molecule has 1 saturated carbocycles. The Bertz CT molecular complexity index is 945. The lowest BCUT2D eigenvalue weighted by Crippen LogP contribution is -3.13. The van der Waals surface area contributed by atoms with Crippen LogP contribution in [0.15, 0.2) is 48.5 Å². The van der Waals surface area contributed by atoms with Crippen molar-refractivity contribution in [1.82, 2.24) is 0 Å². The average Bonchev–Trinajstić information content (AvgIpc) is 3.26. The molecule has 150 valence electrons. The highest BCUT2D eigenvalue weighted by molar-refractivity contribution is 6.06. The smallest absolute Gasteiger partial charge is 0.296 e. The molecule has 1 spiro atoms. The summed E-state index contributed by atoms with van der Waals surface area (Å²) in [4.78, 5) is 17.0. The van der Waals surface area contributed by atoms with E-state index in [1.807, 2.05) is 29.2 Å². The number of nitrogens with one attached hydrogen (secondary N) is 1. The molecule has 1 N–H and O–H groups in total. The number of anilines is 1. The van der Waals surface area contributed by atoms with E-state index in [2.05, 4.69) is 24.3 Å². The minimum atomic E-state index is -1.23. The van der Waals surface area contributed by atoms with Gasteiger partial charge < -0.3 is 14.4 Å². The number of quaternary nitrogens is 1. The molecule has 2 aromatic carbocycles. The number of carbonyl (C=O) groups excluding carboxylic acids is 1. The number of fused-ring (bicyclic) bond motifs is 4. The molecule has 1 aliphatic carbocycles. The van der Waals surface area contributed by atoms with E-state index in [9.17, 15) is 4.79 Å². The molecule has 3 atom stereocenters. The Morgan fingerprint density at radius 1 is 0.966 bits per heavy atom. The van der Waals surface area contributed by atoms with Gasteiger partial charge in [-0.25, -0.2) is 0 Å². The molecule has 2 aromatic rings. The fourth-order valence-electron chi connectivity index (χ4n) is 5.56. The van der Waals surface area contributed by atoms with E-state index in [-0.39, 0.29) is 18.1 Å². The average molecular weight is 391 g/mol. The third-order valence-electron chi connectivity index (χ3n) is 7.04. The molecule has 29 heavy (non-hydrogen) atoms. The number of hydrogen-bond donors (Lipinski definition) is 1. The highest BCUT2D eigenvalue weighted by Gasteiger charge is 2.61. The van der Waals surface area contributed by atoms with Crippen LogP contribution >= 0.6 is 0 Å². The molecule has 1 unspecified atom stereocenters. The van der Waals surface area contributed by atoms with E-state index < -0.39 is 5.79 Å². The maximum absolute atomic E-state index is 13.7. The number of rotatable bonds is 2. The summed E-state index contributed by atoms with van der Waals surface area (Å²) in [6, 6.07) is 16.7. The molecule has 1 saturated heterocycles. The minimum absolute atomic E-state index is 0.0370. The van der Waals surface area contributed by atoms with Crippen LogP contribution in [0.1, 0.15) is 42.4 Å². The van der Waals surface area contributed by atoms with Crippen LogP contribution in [0.25, 0.3) is 0 Å². The van der Waals surface area contributed by atoms with E-state index in [4.69, 9.17) is 9.47 Å². The molecule has 2 fully saturated rings. The number of ether oxygens (including phenoxy) is 2. The maximum Gasteiger partial charge on any atom is 0.296 e. The first-order valence-corrected chi connectivity index (χ1v) is 10.9. The van der Waals surface area contributed by atoms with Crippen LogP contribution in [0.4, 0.5) is 5.69 Å². The predicted molar refractivity (Wildman–Crippen MR) is 108 cm³/mol. The van der Waals surface area contributed by atoms with Gasteiger partial charge in [-0.1, -0.05) is 55.3 Å². The fourth-order valence-corrected chi connectivity index (χ4v) is 5.56. The van der Waals surface area contributed by atoms with Gasteiger partial charge in [0.15, 0.2) is 6.67 Å². The fraction of sp³-hybridized carbons (Fsp3) is 0.458. The zero-order valence-corrected chi connectivity index (χ0v) is 16.6. The van der Waals surface area contributed by atoms with Crippen molar-refractivity contribution in [2.75, 3.05) is 18.1 Å². The summed E-state index contributed by atoms with van der Waals surface area (Å²) in [5.41, 5.74) is 4.66. The van der Waals surface area contributed by atoms with Gasteiger partial charge >= 0.3 is 0 Å². The lowest BCUT2D eigenvalue weighted by molar-refractivity contribution is -0.914. The summed E-state index contributed by atoms with van der Waals surface area (Å²) >= 11 is 0. The highest BCUT2D eigenvalue weighted by atomic mass is 16.8. The zero-order valence-electron chi connectivity index (χ0n) is 16.6. The quantitative estimate of drug-likeness (QED) is 0.853. The van der Waals surface area contributed by atoms with Crippen LogP contribution in [-0.2, 0) is 33.0 Å². The first-order valence-electron chi connectivity index (χ1n) is 10.9. The Kier molecular flexibility index (Phi) is 4.05. The largest absolute Gasteiger partial charge is 0.332 e. The number of hydrogen-bond acceptors (Lipinski definition) is 3. The predicted octanol–water partition coefficient (Wildman–Crippen LogP) is 2.14. The molecule has 3 heterocycles. The van der Waals surface area contributed by atoms with Gasteiger partial charge in [0, 0.05) is 17.5 Å². The molecule has 0 radical (unpaired) electrons. The van der Waals surface area contributed by atoms with Gasteiger partial charge in [0.2, 0.25) is 0 Å². The third-order valence-corrected chi connectivity index (χ3v) is 7.04. The molecule has 0 aromatic heterocycles. The van der Waals surface area contributed by atoms with Crippen molar-refractivity contribution in [3.05, 3.63) is 65.2 Å². The number of nitrogens with zero attached hydrogens (tertiary/aromatic N) is 1. The topological polar surface area (TPSA) is 43.2 Å². The van der Waals surface area contributed by atoms with Crippen molar-refractivity contribution in [3.8, 4) is 0 Å². The molecule has 6 rings (SSSR count). The van der Waals surface area contributed by atoms with Crippen molar-refractivity contribution in [2.45, 2.75) is 56.6 Å².